The van der Waals surface area contributed by atoms with Crippen molar-refractivity contribution in [3.8, 4) is 5.75 Å². The predicted octanol–water partition coefficient (Wildman–Crippen LogP) is 5.71. The van der Waals surface area contributed by atoms with Gasteiger partial charge in [-0.15, -0.1) is 0 Å². The van der Waals surface area contributed by atoms with Crippen molar-refractivity contribution in [2.24, 2.45) is 0 Å². The minimum Gasteiger partial charge on any atom is -0.484 e. The van der Waals surface area contributed by atoms with Crippen molar-refractivity contribution in [3.05, 3.63) is 104 Å². The first-order valence-electron chi connectivity index (χ1n) is 9.73. The standard InChI is InChI=1S/C22H15Cl2FN4O5/c23-16-9-14(29(31)32)5-7-19(16)33-12-15-6-8-20(34-15)22(30)26-21-17(24)11-28(27-21)10-13-3-1-2-4-18(13)25/h1-9,11H,10,12H2,(H,26,27,30). The molecule has 2 heterocycles. The van der Waals surface area contributed by atoms with Crippen LogP contribution in [0.2, 0.25) is 10.0 Å². The lowest BCUT2D eigenvalue weighted by Crippen LogP contribution is -2.12. The number of nitrogens with one attached hydrogen (secondary N) is 1. The highest BCUT2D eigenvalue weighted by atomic mass is 35.5. The number of nitro groups is 1. The fourth-order valence-electron chi connectivity index (χ4n) is 2.98. The summed E-state index contributed by atoms with van der Waals surface area (Å²) in [5, 5.41) is 17.8. The van der Waals surface area contributed by atoms with Crippen molar-refractivity contribution in [3.63, 3.8) is 0 Å². The summed E-state index contributed by atoms with van der Waals surface area (Å²) in [7, 11) is 0. The molecule has 2 aromatic heterocycles. The van der Waals surface area contributed by atoms with Gasteiger partial charge in [0.15, 0.2) is 11.6 Å². The van der Waals surface area contributed by atoms with Gasteiger partial charge in [-0.1, -0.05) is 41.4 Å². The van der Waals surface area contributed by atoms with Crippen molar-refractivity contribution in [1.29, 1.82) is 0 Å². The Morgan fingerprint density at radius 1 is 1.18 bits per heavy atom. The predicted molar refractivity (Wildman–Crippen MR) is 122 cm³/mol. The molecule has 1 N–H and O–H groups in total. The summed E-state index contributed by atoms with van der Waals surface area (Å²) in [6.07, 6.45) is 1.47. The van der Waals surface area contributed by atoms with Crippen molar-refractivity contribution in [1.82, 2.24) is 9.78 Å². The minimum atomic E-state index is -0.599. The van der Waals surface area contributed by atoms with E-state index in [0.717, 1.165) is 0 Å². The minimum absolute atomic E-state index is 0.0203. The number of hydrogen-bond donors (Lipinski definition) is 1. The maximum atomic E-state index is 13.9. The molecule has 2 aromatic carbocycles. The molecule has 0 spiro atoms. The maximum Gasteiger partial charge on any atom is 0.292 e. The third-order valence-electron chi connectivity index (χ3n) is 4.62. The first-order valence-corrected chi connectivity index (χ1v) is 10.5. The molecule has 0 aliphatic carbocycles. The van der Waals surface area contributed by atoms with E-state index in [1.54, 1.807) is 18.2 Å². The molecular weight excluding hydrogens is 490 g/mol. The summed E-state index contributed by atoms with van der Waals surface area (Å²) in [6, 6.07) is 13.0. The SMILES string of the molecule is O=C(Nc1nn(Cc2ccccc2F)cc1Cl)c1ccc(COc2ccc([N+](=O)[O-])cc2Cl)o1. The average Bonchev–Trinajstić information content (AvgIpc) is 3.41. The first kappa shape index (κ1) is 23.3. The molecule has 0 saturated carbocycles. The maximum absolute atomic E-state index is 13.9. The number of nitrogens with zero attached hydrogens (tertiary/aromatic N) is 3. The molecule has 0 atom stereocenters. The number of amides is 1. The first-order chi connectivity index (χ1) is 16.3. The molecule has 0 unspecified atom stereocenters. The zero-order valence-corrected chi connectivity index (χ0v) is 18.7. The Labute approximate surface area is 201 Å². The number of rotatable bonds is 8. The van der Waals surface area contributed by atoms with E-state index in [1.165, 1.54) is 47.3 Å². The number of carbonyl (C=O) groups excluding carboxylic acids is 1. The molecule has 9 nitrogen and oxygen atoms in total. The summed E-state index contributed by atoms with van der Waals surface area (Å²) >= 11 is 12.1. The number of anilines is 1. The molecule has 4 rings (SSSR count). The van der Waals surface area contributed by atoms with E-state index in [1.807, 2.05) is 0 Å². The zero-order valence-electron chi connectivity index (χ0n) is 17.2. The Balaban J connectivity index is 1.38. The summed E-state index contributed by atoms with van der Waals surface area (Å²) in [6.45, 7) is 0.0680. The number of non-ortho nitro benzene ring substituents is 1. The number of aromatic nitrogens is 2. The Bertz CT molecular complexity index is 1370. The van der Waals surface area contributed by atoms with Crippen molar-refractivity contribution >= 4 is 40.6 Å². The summed E-state index contributed by atoms with van der Waals surface area (Å²) in [5.41, 5.74) is 0.257. The number of nitro benzene ring substituents is 1. The van der Waals surface area contributed by atoms with Gasteiger partial charge in [0, 0.05) is 23.9 Å². The van der Waals surface area contributed by atoms with Crippen LogP contribution in [0.25, 0.3) is 0 Å². The van der Waals surface area contributed by atoms with E-state index in [9.17, 15) is 19.3 Å². The number of hydrogen-bond acceptors (Lipinski definition) is 6. The van der Waals surface area contributed by atoms with Gasteiger partial charge in [-0.3, -0.25) is 19.6 Å². The largest absolute Gasteiger partial charge is 0.484 e. The lowest BCUT2D eigenvalue weighted by atomic mass is 10.2. The van der Waals surface area contributed by atoms with Gasteiger partial charge in [0.1, 0.15) is 29.0 Å². The average molecular weight is 505 g/mol. The highest BCUT2D eigenvalue weighted by molar-refractivity contribution is 6.33. The van der Waals surface area contributed by atoms with E-state index in [-0.39, 0.29) is 52.0 Å². The van der Waals surface area contributed by atoms with Gasteiger partial charge in [-0.25, -0.2) is 4.39 Å². The number of carbonyl (C=O) groups is 1. The Morgan fingerprint density at radius 2 is 1.97 bits per heavy atom. The van der Waals surface area contributed by atoms with Crippen LogP contribution in [0.1, 0.15) is 21.9 Å². The van der Waals surface area contributed by atoms with Gasteiger partial charge < -0.3 is 14.5 Å². The molecule has 12 heteroatoms. The fourth-order valence-corrected chi connectivity index (χ4v) is 3.41. The molecule has 34 heavy (non-hydrogen) atoms. The molecule has 0 bridgehead atoms. The van der Waals surface area contributed by atoms with Crippen molar-refractivity contribution in [2.45, 2.75) is 13.2 Å². The molecular formula is C22H15Cl2FN4O5. The van der Waals surface area contributed by atoms with Crippen molar-refractivity contribution in [2.75, 3.05) is 5.32 Å². The van der Waals surface area contributed by atoms with Crippen LogP contribution in [0, 0.1) is 15.9 Å². The summed E-state index contributed by atoms with van der Waals surface area (Å²) in [4.78, 5) is 22.7. The van der Waals surface area contributed by atoms with E-state index < -0.39 is 10.8 Å². The van der Waals surface area contributed by atoms with Crippen LogP contribution in [0.3, 0.4) is 0 Å². The van der Waals surface area contributed by atoms with E-state index >= 15 is 0 Å². The fraction of sp³-hybridized carbons (Fsp3) is 0.0909. The number of halogens is 3. The van der Waals surface area contributed by atoms with E-state index in [4.69, 9.17) is 32.4 Å². The Kier molecular flexibility index (Phi) is 6.80. The molecule has 4 aromatic rings. The van der Waals surface area contributed by atoms with Gasteiger partial charge in [0.25, 0.3) is 11.6 Å². The lowest BCUT2D eigenvalue weighted by Gasteiger charge is -2.06. The highest BCUT2D eigenvalue weighted by Crippen LogP contribution is 2.29. The summed E-state index contributed by atoms with van der Waals surface area (Å²) in [5.74, 6) is -0.363. The quantitative estimate of drug-likeness (QED) is 0.243. The van der Waals surface area contributed by atoms with Gasteiger partial charge in [-0.05, 0) is 24.3 Å². The molecule has 0 saturated heterocycles. The number of benzene rings is 2. The summed E-state index contributed by atoms with van der Waals surface area (Å²) < 4.78 is 26.3. The van der Waals surface area contributed by atoms with Gasteiger partial charge in [0.05, 0.1) is 16.5 Å². The van der Waals surface area contributed by atoms with Crippen LogP contribution in [-0.4, -0.2) is 20.6 Å². The van der Waals surface area contributed by atoms with E-state index in [0.29, 0.717) is 11.3 Å². The molecule has 1 amide bonds. The van der Waals surface area contributed by atoms with E-state index in [2.05, 4.69) is 10.4 Å². The monoisotopic (exact) mass is 504 g/mol. The lowest BCUT2D eigenvalue weighted by molar-refractivity contribution is -0.384. The second-order valence-corrected chi connectivity index (χ2v) is 7.81. The Hall–Kier alpha value is -3.89. The van der Waals surface area contributed by atoms with Crippen LogP contribution in [0.5, 0.6) is 5.75 Å². The second kappa shape index (κ2) is 9.94. The topological polar surface area (TPSA) is 112 Å². The second-order valence-electron chi connectivity index (χ2n) is 7.00. The smallest absolute Gasteiger partial charge is 0.292 e. The number of ether oxygens (including phenoxy) is 1. The molecule has 0 aliphatic heterocycles. The Morgan fingerprint density at radius 3 is 2.71 bits per heavy atom. The van der Waals surface area contributed by atoms with Crippen LogP contribution in [-0.2, 0) is 13.2 Å². The third kappa shape index (κ3) is 5.36. The van der Waals surface area contributed by atoms with Gasteiger partial charge >= 0.3 is 0 Å². The zero-order chi connectivity index (χ0) is 24.2. The molecule has 0 radical (unpaired) electrons. The number of furan rings is 1. The van der Waals surface area contributed by atoms with Gasteiger partial charge in [0.2, 0.25) is 0 Å². The third-order valence-corrected chi connectivity index (χ3v) is 5.19. The van der Waals surface area contributed by atoms with Crippen LogP contribution in [0.4, 0.5) is 15.9 Å². The van der Waals surface area contributed by atoms with Gasteiger partial charge in [-0.2, -0.15) is 5.10 Å². The van der Waals surface area contributed by atoms with Crippen LogP contribution in [0.15, 0.2) is 65.2 Å². The normalized spacial score (nSPS) is 10.8. The molecule has 0 fully saturated rings. The van der Waals surface area contributed by atoms with Crippen molar-refractivity contribution < 1.29 is 23.3 Å². The van der Waals surface area contributed by atoms with Crippen LogP contribution < -0.4 is 10.1 Å². The molecule has 174 valence electrons. The molecule has 0 aliphatic rings. The highest BCUT2D eigenvalue weighted by Gasteiger charge is 2.17. The van der Waals surface area contributed by atoms with Crippen LogP contribution >= 0.6 is 23.2 Å².